The molecule has 0 bridgehead atoms. The van der Waals surface area contributed by atoms with Crippen LogP contribution in [0.1, 0.15) is 39.0 Å². The molecule has 0 aromatic heterocycles. The standard InChI is InChI=1S/C19H23N3O6/c1-14(18(24)21(2)19(13-20)10-4-3-5-11-19)28-17(23)12-27-16-8-6-15(7-9-16)22(25)26/h6-9,14H,3-5,10-12H2,1-2H3/t14-/m0/s1. The van der Waals surface area contributed by atoms with E-state index in [4.69, 9.17) is 9.47 Å². The molecule has 0 heterocycles. The number of ether oxygens (including phenoxy) is 2. The third kappa shape index (κ3) is 4.97. The largest absolute Gasteiger partial charge is 0.482 e. The number of rotatable bonds is 7. The van der Waals surface area contributed by atoms with Crippen LogP contribution in [0.5, 0.6) is 5.75 Å². The third-order valence-corrected chi connectivity index (χ3v) is 4.92. The molecule has 2 rings (SSSR count). The molecule has 150 valence electrons. The number of nitro benzene ring substituents is 1. The van der Waals surface area contributed by atoms with Crippen LogP contribution in [0.4, 0.5) is 5.69 Å². The number of nitrogens with zero attached hydrogens (tertiary/aromatic N) is 3. The van der Waals surface area contributed by atoms with Crippen molar-refractivity contribution in [2.75, 3.05) is 13.7 Å². The lowest BCUT2D eigenvalue weighted by Gasteiger charge is -2.39. The zero-order chi connectivity index (χ0) is 20.7. The summed E-state index contributed by atoms with van der Waals surface area (Å²) in [6.07, 6.45) is 2.96. The Labute approximate surface area is 163 Å². The molecule has 1 aliphatic carbocycles. The van der Waals surface area contributed by atoms with Crippen molar-refractivity contribution in [2.24, 2.45) is 0 Å². The minimum Gasteiger partial charge on any atom is -0.482 e. The highest BCUT2D eigenvalue weighted by molar-refractivity contribution is 5.84. The molecular formula is C19H23N3O6. The molecule has 1 atom stereocenters. The molecule has 0 radical (unpaired) electrons. The van der Waals surface area contributed by atoms with Crippen molar-refractivity contribution in [3.63, 3.8) is 0 Å². The molecule has 1 fully saturated rings. The molecule has 0 aliphatic heterocycles. The molecule has 1 aromatic carbocycles. The van der Waals surface area contributed by atoms with E-state index in [1.165, 1.54) is 36.1 Å². The molecular weight excluding hydrogens is 366 g/mol. The van der Waals surface area contributed by atoms with Crippen LogP contribution in [0.2, 0.25) is 0 Å². The first kappa shape index (κ1) is 21.2. The second-order valence-electron chi connectivity index (χ2n) is 6.77. The average molecular weight is 389 g/mol. The number of carbonyl (C=O) groups is 2. The van der Waals surface area contributed by atoms with Crippen LogP contribution in [0.3, 0.4) is 0 Å². The molecule has 0 spiro atoms. The Morgan fingerprint density at radius 2 is 1.89 bits per heavy atom. The van der Waals surface area contributed by atoms with Crippen molar-refractivity contribution in [2.45, 2.75) is 50.7 Å². The van der Waals surface area contributed by atoms with Gasteiger partial charge in [0.15, 0.2) is 12.7 Å². The van der Waals surface area contributed by atoms with Crippen molar-refractivity contribution in [3.8, 4) is 11.8 Å². The quantitative estimate of drug-likeness (QED) is 0.399. The molecule has 1 aromatic rings. The summed E-state index contributed by atoms with van der Waals surface area (Å²) in [5.41, 5.74) is -0.947. The van der Waals surface area contributed by atoms with Gasteiger partial charge in [0.25, 0.3) is 11.6 Å². The first-order valence-corrected chi connectivity index (χ1v) is 9.05. The minimum absolute atomic E-state index is 0.0914. The Bertz CT molecular complexity index is 765. The van der Waals surface area contributed by atoms with Crippen LogP contribution < -0.4 is 4.74 Å². The van der Waals surface area contributed by atoms with Gasteiger partial charge in [0.1, 0.15) is 11.3 Å². The van der Waals surface area contributed by atoms with Gasteiger partial charge in [-0.3, -0.25) is 14.9 Å². The van der Waals surface area contributed by atoms with Gasteiger partial charge in [-0.1, -0.05) is 19.3 Å². The predicted octanol–water partition coefficient (Wildman–Crippen LogP) is 2.59. The fraction of sp³-hybridized carbons (Fsp3) is 0.526. The highest BCUT2D eigenvalue weighted by Crippen LogP contribution is 2.32. The highest BCUT2D eigenvalue weighted by Gasteiger charge is 2.40. The maximum Gasteiger partial charge on any atom is 0.344 e. The maximum absolute atomic E-state index is 12.6. The molecule has 0 N–H and O–H groups in total. The molecule has 1 amide bonds. The SMILES string of the molecule is C[C@H](OC(=O)COc1ccc([N+](=O)[O-])cc1)C(=O)N(C)C1(C#N)CCCCC1. The minimum atomic E-state index is -1.05. The van der Waals surface area contributed by atoms with E-state index in [-0.39, 0.29) is 11.4 Å². The summed E-state index contributed by atoms with van der Waals surface area (Å²) in [6, 6.07) is 7.51. The summed E-state index contributed by atoms with van der Waals surface area (Å²) in [7, 11) is 1.56. The number of non-ortho nitro benzene ring substituents is 1. The van der Waals surface area contributed by atoms with Crippen LogP contribution in [-0.2, 0) is 14.3 Å². The number of carbonyl (C=O) groups excluding carboxylic acids is 2. The Morgan fingerprint density at radius 3 is 2.43 bits per heavy atom. The van der Waals surface area contributed by atoms with E-state index in [2.05, 4.69) is 6.07 Å². The zero-order valence-electron chi connectivity index (χ0n) is 15.9. The fourth-order valence-electron chi connectivity index (χ4n) is 3.23. The Kier molecular flexibility index (Phi) is 6.93. The summed E-state index contributed by atoms with van der Waals surface area (Å²) in [6.45, 7) is 1.01. The molecule has 9 nitrogen and oxygen atoms in total. The van der Waals surface area contributed by atoms with E-state index in [9.17, 15) is 25.0 Å². The van der Waals surface area contributed by atoms with E-state index < -0.39 is 35.0 Å². The van der Waals surface area contributed by atoms with Crippen LogP contribution in [-0.4, -0.2) is 47.0 Å². The van der Waals surface area contributed by atoms with E-state index in [0.717, 1.165) is 19.3 Å². The second kappa shape index (κ2) is 9.17. The number of nitriles is 1. The van der Waals surface area contributed by atoms with Gasteiger partial charge < -0.3 is 14.4 Å². The molecule has 28 heavy (non-hydrogen) atoms. The topological polar surface area (TPSA) is 123 Å². The number of nitro groups is 1. The summed E-state index contributed by atoms with van der Waals surface area (Å²) in [5.74, 6) is -0.918. The van der Waals surface area contributed by atoms with E-state index >= 15 is 0 Å². The fourth-order valence-corrected chi connectivity index (χ4v) is 3.23. The number of esters is 1. The number of hydrogen-bond acceptors (Lipinski definition) is 7. The van der Waals surface area contributed by atoms with E-state index in [1.807, 2.05) is 0 Å². The summed E-state index contributed by atoms with van der Waals surface area (Å²) in [4.78, 5) is 36.0. The first-order valence-electron chi connectivity index (χ1n) is 9.05. The third-order valence-electron chi connectivity index (χ3n) is 4.92. The first-order chi connectivity index (χ1) is 13.3. The Balaban J connectivity index is 1.87. The van der Waals surface area contributed by atoms with Gasteiger partial charge in [0.2, 0.25) is 0 Å². The normalized spacial score (nSPS) is 16.3. The van der Waals surface area contributed by atoms with Gasteiger partial charge in [0.05, 0.1) is 11.0 Å². The Morgan fingerprint density at radius 1 is 1.29 bits per heavy atom. The lowest BCUT2D eigenvalue weighted by atomic mass is 9.81. The highest BCUT2D eigenvalue weighted by atomic mass is 16.6. The predicted molar refractivity (Wildman–Crippen MR) is 98.3 cm³/mol. The lowest BCUT2D eigenvalue weighted by molar-refractivity contribution is -0.384. The van der Waals surface area contributed by atoms with Crippen molar-refractivity contribution >= 4 is 17.6 Å². The van der Waals surface area contributed by atoms with Gasteiger partial charge >= 0.3 is 5.97 Å². The van der Waals surface area contributed by atoms with E-state index in [0.29, 0.717) is 12.8 Å². The van der Waals surface area contributed by atoms with Crippen LogP contribution in [0.25, 0.3) is 0 Å². The van der Waals surface area contributed by atoms with Gasteiger partial charge in [0, 0.05) is 19.2 Å². The number of amides is 1. The van der Waals surface area contributed by atoms with Crippen LogP contribution in [0.15, 0.2) is 24.3 Å². The summed E-state index contributed by atoms with van der Waals surface area (Å²) >= 11 is 0. The Hall–Kier alpha value is -3.15. The molecule has 1 aliphatic rings. The summed E-state index contributed by atoms with van der Waals surface area (Å²) in [5, 5.41) is 20.2. The van der Waals surface area contributed by atoms with Gasteiger partial charge in [-0.15, -0.1) is 0 Å². The zero-order valence-corrected chi connectivity index (χ0v) is 15.9. The summed E-state index contributed by atoms with van der Waals surface area (Å²) < 4.78 is 10.4. The second-order valence-corrected chi connectivity index (χ2v) is 6.77. The van der Waals surface area contributed by atoms with Crippen molar-refractivity contribution in [1.29, 1.82) is 5.26 Å². The average Bonchev–Trinajstić information content (AvgIpc) is 2.71. The molecule has 0 saturated heterocycles. The van der Waals surface area contributed by atoms with Crippen molar-refractivity contribution < 1.29 is 24.0 Å². The van der Waals surface area contributed by atoms with E-state index in [1.54, 1.807) is 7.05 Å². The smallest absolute Gasteiger partial charge is 0.344 e. The van der Waals surface area contributed by atoms with Crippen LogP contribution in [0, 0.1) is 21.4 Å². The van der Waals surface area contributed by atoms with Crippen LogP contribution >= 0.6 is 0 Å². The van der Waals surface area contributed by atoms with Gasteiger partial charge in [-0.25, -0.2) is 4.79 Å². The number of hydrogen-bond donors (Lipinski definition) is 0. The van der Waals surface area contributed by atoms with Crippen molar-refractivity contribution in [3.05, 3.63) is 34.4 Å². The number of benzene rings is 1. The molecule has 1 saturated carbocycles. The molecule has 9 heteroatoms. The van der Waals surface area contributed by atoms with Gasteiger partial charge in [-0.2, -0.15) is 5.26 Å². The van der Waals surface area contributed by atoms with Crippen molar-refractivity contribution in [1.82, 2.24) is 4.90 Å². The maximum atomic E-state index is 12.6. The lowest BCUT2D eigenvalue weighted by Crippen LogP contribution is -2.53. The number of likely N-dealkylation sites (N-methyl/N-ethyl adjacent to an activating group) is 1. The molecule has 0 unspecified atom stereocenters. The monoisotopic (exact) mass is 389 g/mol. The van der Waals surface area contributed by atoms with Gasteiger partial charge in [-0.05, 0) is 31.9 Å².